The highest BCUT2D eigenvalue weighted by molar-refractivity contribution is 5.80. The summed E-state index contributed by atoms with van der Waals surface area (Å²) in [6, 6.07) is 6.35. The fraction of sp³-hybridized carbons (Fsp3) is 0.294. The van der Waals surface area contributed by atoms with E-state index < -0.39 is 0 Å². The van der Waals surface area contributed by atoms with Crippen LogP contribution in [0.15, 0.2) is 30.6 Å². The van der Waals surface area contributed by atoms with Gasteiger partial charge >= 0.3 is 0 Å². The number of aromatic amines is 1. The Morgan fingerprint density at radius 3 is 2.71 bits per heavy atom. The quantitative estimate of drug-likeness (QED) is 0.781. The summed E-state index contributed by atoms with van der Waals surface area (Å²) < 4.78 is 5.59. The van der Waals surface area contributed by atoms with Crippen molar-refractivity contribution in [1.82, 2.24) is 15.0 Å². The molecule has 0 saturated heterocycles. The predicted molar refractivity (Wildman–Crippen MR) is 82.5 cm³/mol. The van der Waals surface area contributed by atoms with Crippen LogP contribution in [-0.2, 0) is 12.8 Å². The van der Waals surface area contributed by atoms with Gasteiger partial charge in [-0.2, -0.15) is 0 Å². The molecule has 2 heterocycles. The van der Waals surface area contributed by atoms with Gasteiger partial charge in [-0.05, 0) is 55.0 Å². The average Bonchev–Trinajstić information content (AvgIpc) is 2.97. The van der Waals surface area contributed by atoms with Crippen LogP contribution in [0.4, 0.5) is 0 Å². The lowest BCUT2D eigenvalue weighted by Crippen LogP contribution is -2.04. The molecule has 2 aromatic heterocycles. The summed E-state index contributed by atoms with van der Waals surface area (Å²) in [5.74, 6) is 1.74. The molecule has 0 radical (unpaired) electrons. The molecule has 0 amide bonds. The molecule has 0 unspecified atom stereocenters. The number of pyridine rings is 1. The maximum absolute atomic E-state index is 5.59. The topological polar surface area (TPSA) is 50.8 Å². The number of hydrogen-bond acceptors (Lipinski definition) is 3. The SMILES string of the molecule is COc1cc2c(cc1-c1nc3cnccc3[nH]1)CCCC2. The van der Waals surface area contributed by atoms with E-state index in [0.717, 1.165) is 41.0 Å². The summed E-state index contributed by atoms with van der Waals surface area (Å²) in [5, 5.41) is 0. The second kappa shape index (κ2) is 4.88. The van der Waals surface area contributed by atoms with Crippen LogP contribution in [0.1, 0.15) is 24.0 Å². The highest BCUT2D eigenvalue weighted by Crippen LogP contribution is 2.35. The molecule has 0 atom stereocenters. The summed E-state index contributed by atoms with van der Waals surface area (Å²) in [6.45, 7) is 0. The van der Waals surface area contributed by atoms with Crippen molar-refractivity contribution in [1.29, 1.82) is 0 Å². The van der Waals surface area contributed by atoms with E-state index in [9.17, 15) is 0 Å². The van der Waals surface area contributed by atoms with E-state index in [1.54, 1.807) is 19.5 Å². The van der Waals surface area contributed by atoms with E-state index in [4.69, 9.17) is 4.74 Å². The zero-order valence-corrected chi connectivity index (χ0v) is 12.0. The van der Waals surface area contributed by atoms with Gasteiger partial charge in [-0.3, -0.25) is 4.98 Å². The van der Waals surface area contributed by atoms with Crippen molar-refractivity contribution in [2.45, 2.75) is 25.7 Å². The molecule has 0 bridgehead atoms. The van der Waals surface area contributed by atoms with Gasteiger partial charge in [0, 0.05) is 6.20 Å². The van der Waals surface area contributed by atoms with Crippen LogP contribution in [0.2, 0.25) is 0 Å². The Bertz CT molecular complexity index is 774. The van der Waals surface area contributed by atoms with Crippen LogP contribution < -0.4 is 4.74 Å². The van der Waals surface area contributed by atoms with Gasteiger partial charge in [-0.15, -0.1) is 0 Å². The van der Waals surface area contributed by atoms with E-state index in [1.807, 2.05) is 6.07 Å². The summed E-state index contributed by atoms with van der Waals surface area (Å²) >= 11 is 0. The Kier molecular flexibility index (Phi) is 2.88. The number of H-pyrrole nitrogens is 1. The number of aromatic nitrogens is 3. The van der Waals surface area contributed by atoms with E-state index in [-0.39, 0.29) is 0 Å². The summed E-state index contributed by atoms with van der Waals surface area (Å²) in [7, 11) is 1.72. The Labute approximate surface area is 123 Å². The second-order valence-corrected chi connectivity index (χ2v) is 5.51. The fourth-order valence-corrected chi connectivity index (χ4v) is 3.10. The minimum Gasteiger partial charge on any atom is -0.496 e. The van der Waals surface area contributed by atoms with Crippen molar-refractivity contribution in [3.63, 3.8) is 0 Å². The zero-order valence-electron chi connectivity index (χ0n) is 12.0. The predicted octanol–water partition coefficient (Wildman–Crippen LogP) is 3.51. The number of ether oxygens (including phenoxy) is 1. The minimum atomic E-state index is 0.850. The van der Waals surface area contributed by atoms with Crippen molar-refractivity contribution < 1.29 is 4.74 Å². The number of benzene rings is 1. The smallest absolute Gasteiger partial charge is 0.142 e. The maximum Gasteiger partial charge on any atom is 0.142 e. The van der Waals surface area contributed by atoms with Gasteiger partial charge in [-0.1, -0.05) is 0 Å². The van der Waals surface area contributed by atoms with E-state index in [0.29, 0.717) is 0 Å². The van der Waals surface area contributed by atoms with E-state index in [1.165, 1.54) is 24.0 Å². The zero-order chi connectivity index (χ0) is 14.2. The molecule has 21 heavy (non-hydrogen) atoms. The number of hydrogen-bond donors (Lipinski definition) is 1. The molecule has 0 fully saturated rings. The normalized spacial score (nSPS) is 14.1. The third kappa shape index (κ3) is 2.07. The molecule has 1 aliphatic rings. The summed E-state index contributed by atoms with van der Waals surface area (Å²) in [6.07, 6.45) is 8.38. The van der Waals surface area contributed by atoms with Crippen molar-refractivity contribution in [2.24, 2.45) is 0 Å². The van der Waals surface area contributed by atoms with Gasteiger partial charge in [0.05, 0.1) is 24.4 Å². The molecule has 1 aliphatic carbocycles. The largest absolute Gasteiger partial charge is 0.496 e. The Balaban J connectivity index is 1.89. The number of rotatable bonds is 2. The van der Waals surface area contributed by atoms with Gasteiger partial charge in [0.2, 0.25) is 0 Å². The molecule has 1 N–H and O–H groups in total. The highest BCUT2D eigenvalue weighted by Gasteiger charge is 2.17. The molecule has 3 aromatic rings. The number of nitrogens with one attached hydrogen (secondary N) is 1. The molecule has 4 nitrogen and oxygen atoms in total. The van der Waals surface area contributed by atoms with Crippen LogP contribution in [0.25, 0.3) is 22.4 Å². The van der Waals surface area contributed by atoms with E-state index >= 15 is 0 Å². The monoisotopic (exact) mass is 279 g/mol. The standard InChI is InChI=1S/C17H17N3O/c1-21-16-9-12-5-3-2-4-11(12)8-13(16)17-19-14-6-7-18-10-15(14)20-17/h6-10H,2-5H2,1H3,(H,19,20). The Morgan fingerprint density at radius 2 is 1.95 bits per heavy atom. The first-order valence-corrected chi connectivity index (χ1v) is 7.35. The molecule has 4 rings (SSSR count). The number of methoxy groups -OCH3 is 1. The number of fused-ring (bicyclic) bond motifs is 2. The molecule has 1 aromatic carbocycles. The van der Waals surface area contributed by atoms with Crippen LogP contribution >= 0.6 is 0 Å². The maximum atomic E-state index is 5.59. The van der Waals surface area contributed by atoms with E-state index in [2.05, 4.69) is 27.1 Å². The van der Waals surface area contributed by atoms with Gasteiger partial charge in [-0.25, -0.2) is 4.98 Å². The molecule has 0 spiro atoms. The average molecular weight is 279 g/mol. The molecule has 0 saturated carbocycles. The lowest BCUT2D eigenvalue weighted by Gasteiger charge is -2.18. The first-order valence-electron chi connectivity index (χ1n) is 7.35. The molecule has 0 aliphatic heterocycles. The number of aryl methyl sites for hydroxylation is 2. The fourth-order valence-electron chi connectivity index (χ4n) is 3.10. The molecular weight excluding hydrogens is 262 g/mol. The first-order chi connectivity index (χ1) is 10.3. The molecule has 4 heteroatoms. The van der Waals surface area contributed by atoms with Crippen molar-refractivity contribution >= 4 is 11.0 Å². The minimum absolute atomic E-state index is 0.850. The lowest BCUT2D eigenvalue weighted by atomic mass is 9.90. The summed E-state index contributed by atoms with van der Waals surface area (Å²) in [5.41, 5.74) is 5.76. The van der Waals surface area contributed by atoms with Gasteiger partial charge in [0.1, 0.15) is 17.1 Å². The van der Waals surface area contributed by atoms with Gasteiger partial charge in [0.25, 0.3) is 0 Å². The number of nitrogens with zero attached hydrogens (tertiary/aromatic N) is 2. The van der Waals surface area contributed by atoms with Gasteiger partial charge in [0.15, 0.2) is 0 Å². The number of imidazole rings is 1. The molecule has 106 valence electrons. The Morgan fingerprint density at radius 1 is 1.14 bits per heavy atom. The third-order valence-corrected chi connectivity index (χ3v) is 4.20. The van der Waals surface area contributed by atoms with Crippen LogP contribution in [0.3, 0.4) is 0 Å². The Hall–Kier alpha value is -2.36. The molecular formula is C17H17N3O. The summed E-state index contributed by atoms with van der Waals surface area (Å²) in [4.78, 5) is 12.1. The highest BCUT2D eigenvalue weighted by atomic mass is 16.5. The van der Waals surface area contributed by atoms with Crippen LogP contribution in [0.5, 0.6) is 5.75 Å². The van der Waals surface area contributed by atoms with Gasteiger partial charge < -0.3 is 9.72 Å². The van der Waals surface area contributed by atoms with Crippen LogP contribution in [0, 0.1) is 0 Å². The van der Waals surface area contributed by atoms with Crippen molar-refractivity contribution in [3.05, 3.63) is 41.7 Å². The lowest BCUT2D eigenvalue weighted by molar-refractivity contribution is 0.415. The second-order valence-electron chi connectivity index (χ2n) is 5.51. The first kappa shape index (κ1) is 12.4. The van der Waals surface area contributed by atoms with Crippen molar-refractivity contribution in [2.75, 3.05) is 7.11 Å². The van der Waals surface area contributed by atoms with Crippen molar-refractivity contribution in [3.8, 4) is 17.1 Å². The van der Waals surface area contributed by atoms with Crippen LogP contribution in [-0.4, -0.2) is 22.1 Å². The third-order valence-electron chi connectivity index (χ3n) is 4.20.